The Bertz CT molecular complexity index is 294. The van der Waals surface area contributed by atoms with E-state index in [0.717, 1.165) is 37.2 Å². The lowest BCUT2D eigenvalue weighted by atomic mass is 10.1. The highest BCUT2D eigenvalue weighted by Crippen LogP contribution is 2.29. The van der Waals surface area contributed by atoms with E-state index in [1.807, 2.05) is 0 Å². The summed E-state index contributed by atoms with van der Waals surface area (Å²) < 4.78 is 19.1. The van der Waals surface area contributed by atoms with Gasteiger partial charge in [-0.05, 0) is 52.9 Å². The molecule has 1 aliphatic rings. The van der Waals surface area contributed by atoms with Crippen LogP contribution in [-0.2, 0) is 6.42 Å². The first-order chi connectivity index (χ1) is 6.27. The van der Waals surface area contributed by atoms with Crippen molar-refractivity contribution in [3.05, 3.63) is 28.0 Å². The molecule has 1 heterocycles. The molecule has 1 aromatic carbocycles. The minimum absolute atomic E-state index is 0.204. The number of halogens is 2. The van der Waals surface area contributed by atoms with Crippen molar-refractivity contribution in [2.75, 3.05) is 6.61 Å². The van der Waals surface area contributed by atoms with E-state index in [-0.39, 0.29) is 5.82 Å². The molecule has 0 unspecified atom stereocenters. The zero-order valence-corrected chi connectivity index (χ0v) is 8.73. The van der Waals surface area contributed by atoms with Gasteiger partial charge in [-0.15, -0.1) is 0 Å². The molecular formula is C10H10BrFO. The Kier molecular flexibility index (Phi) is 2.54. The monoisotopic (exact) mass is 244 g/mol. The van der Waals surface area contributed by atoms with Crippen LogP contribution in [-0.4, -0.2) is 6.61 Å². The Morgan fingerprint density at radius 1 is 1.31 bits per heavy atom. The Morgan fingerprint density at radius 2 is 2.15 bits per heavy atom. The molecule has 0 radical (unpaired) electrons. The predicted molar refractivity (Wildman–Crippen MR) is 52.5 cm³/mol. The van der Waals surface area contributed by atoms with E-state index in [9.17, 15) is 4.39 Å². The van der Waals surface area contributed by atoms with Crippen LogP contribution >= 0.6 is 15.9 Å². The second-order valence-corrected chi connectivity index (χ2v) is 4.03. The third-order valence-electron chi connectivity index (χ3n) is 2.20. The van der Waals surface area contributed by atoms with Crippen LogP contribution in [0.2, 0.25) is 0 Å². The normalized spacial score (nSPS) is 15.8. The van der Waals surface area contributed by atoms with E-state index >= 15 is 0 Å². The fourth-order valence-electron chi connectivity index (χ4n) is 1.50. The maximum atomic E-state index is 13.1. The van der Waals surface area contributed by atoms with Gasteiger partial charge in [0.15, 0.2) is 0 Å². The van der Waals surface area contributed by atoms with Crippen LogP contribution in [0.4, 0.5) is 4.39 Å². The van der Waals surface area contributed by atoms with Gasteiger partial charge < -0.3 is 4.74 Å². The van der Waals surface area contributed by atoms with Gasteiger partial charge >= 0.3 is 0 Å². The van der Waals surface area contributed by atoms with Crippen LogP contribution in [0.25, 0.3) is 0 Å². The Balaban J connectivity index is 2.43. The molecule has 0 N–H and O–H groups in total. The highest BCUT2D eigenvalue weighted by Gasteiger charge is 2.11. The van der Waals surface area contributed by atoms with Crippen LogP contribution in [0.5, 0.6) is 5.75 Å². The van der Waals surface area contributed by atoms with Crippen LogP contribution in [0.1, 0.15) is 18.4 Å². The van der Waals surface area contributed by atoms with Gasteiger partial charge in [0.05, 0.1) is 11.1 Å². The smallest absolute Gasteiger partial charge is 0.137 e. The highest BCUT2D eigenvalue weighted by atomic mass is 79.9. The molecule has 1 aromatic rings. The van der Waals surface area contributed by atoms with E-state index < -0.39 is 0 Å². The number of rotatable bonds is 0. The summed E-state index contributed by atoms with van der Waals surface area (Å²) in [6.45, 7) is 0.741. The fraction of sp³-hybridized carbons (Fsp3) is 0.400. The second-order valence-electron chi connectivity index (χ2n) is 3.18. The van der Waals surface area contributed by atoms with Gasteiger partial charge in [-0.1, -0.05) is 0 Å². The van der Waals surface area contributed by atoms with Crippen molar-refractivity contribution < 1.29 is 9.13 Å². The quantitative estimate of drug-likeness (QED) is 0.681. The zero-order valence-electron chi connectivity index (χ0n) is 7.15. The van der Waals surface area contributed by atoms with Gasteiger partial charge in [0.2, 0.25) is 0 Å². The summed E-state index contributed by atoms with van der Waals surface area (Å²) in [4.78, 5) is 0. The molecule has 0 amide bonds. The lowest BCUT2D eigenvalue weighted by Crippen LogP contribution is -1.95. The first-order valence-corrected chi connectivity index (χ1v) is 5.17. The molecule has 2 rings (SSSR count). The van der Waals surface area contributed by atoms with E-state index in [2.05, 4.69) is 15.9 Å². The maximum Gasteiger partial charge on any atom is 0.137 e. The minimum Gasteiger partial charge on any atom is -0.493 e. The number of aryl methyl sites for hydroxylation is 1. The summed E-state index contributed by atoms with van der Waals surface area (Å²) in [5, 5.41) is 0. The molecule has 0 aliphatic carbocycles. The van der Waals surface area contributed by atoms with Gasteiger partial charge in [0, 0.05) is 0 Å². The van der Waals surface area contributed by atoms with Gasteiger partial charge in [0.1, 0.15) is 11.6 Å². The third-order valence-corrected chi connectivity index (χ3v) is 2.81. The number of hydrogen-bond donors (Lipinski definition) is 0. The minimum atomic E-state index is -0.204. The summed E-state index contributed by atoms with van der Waals surface area (Å²) in [5.41, 5.74) is 0.984. The molecule has 0 aromatic heterocycles. The van der Waals surface area contributed by atoms with E-state index in [1.165, 1.54) is 0 Å². The van der Waals surface area contributed by atoms with Crippen molar-refractivity contribution >= 4 is 15.9 Å². The summed E-state index contributed by atoms with van der Waals surface area (Å²) >= 11 is 3.14. The van der Waals surface area contributed by atoms with Crippen LogP contribution in [0.15, 0.2) is 16.6 Å². The van der Waals surface area contributed by atoms with Gasteiger partial charge in [-0.3, -0.25) is 0 Å². The maximum absolute atomic E-state index is 13.1. The van der Waals surface area contributed by atoms with E-state index in [4.69, 9.17) is 4.74 Å². The van der Waals surface area contributed by atoms with Crippen LogP contribution < -0.4 is 4.74 Å². The molecule has 0 fully saturated rings. The molecule has 1 nitrogen and oxygen atoms in total. The van der Waals surface area contributed by atoms with Crippen molar-refractivity contribution in [2.24, 2.45) is 0 Å². The number of hydrogen-bond acceptors (Lipinski definition) is 1. The molecule has 0 bridgehead atoms. The van der Waals surface area contributed by atoms with Gasteiger partial charge in [-0.2, -0.15) is 0 Å². The molecular weight excluding hydrogens is 235 g/mol. The largest absolute Gasteiger partial charge is 0.493 e. The van der Waals surface area contributed by atoms with E-state index in [0.29, 0.717) is 4.47 Å². The van der Waals surface area contributed by atoms with Crippen molar-refractivity contribution in [3.8, 4) is 5.75 Å². The Morgan fingerprint density at radius 3 is 3.00 bits per heavy atom. The fourth-order valence-corrected chi connectivity index (χ4v) is 1.82. The SMILES string of the molecule is Fc1cc2c(cc1Br)OCCCC2. The molecule has 13 heavy (non-hydrogen) atoms. The number of benzene rings is 1. The third kappa shape index (κ3) is 1.85. The average molecular weight is 245 g/mol. The summed E-state index contributed by atoms with van der Waals surface area (Å²) in [6, 6.07) is 3.28. The summed E-state index contributed by atoms with van der Waals surface area (Å²) in [5.74, 6) is 0.620. The molecule has 0 spiro atoms. The number of fused-ring (bicyclic) bond motifs is 1. The molecule has 3 heteroatoms. The lowest BCUT2D eigenvalue weighted by Gasteiger charge is -2.07. The van der Waals surface area contributed by atoms with Gasteiger partial charge in [-0.25, -0.2) is 4.39 Å². The first kappa shape index (κ1) is 9.00. The van der Waals surface area contributed by atoms with Crippen molar-refractivity contribution in [3.63, 3.8) is 0 Å². The zero-order chi connectivity index (χ0) is 9.26. The summed E-state index contributed by atoms with van der Waals surface area (Å²) in [7, 11) is 0. The molecule has 0 atom stereocenters. The number of ether oxygens (including phenoxy) is 1. The van der Waals surface area contributed by atoms with Gasteiger partial charge in [0.25, 0.3) is 0 Å². The first-order valence-electron chi connectivity index (χ1n) is 4.38. The Labute approximate surface area is 85.0 Å². The van der Waals surface area contributed by atoms with E-state index in [1.54, 1.807) is 12.1 Å². The highest BCUT2D eigenvalue weighted by molar-refractivity contribution is 9.10. The topological polar surface area (TPSA) is 9.23 Å². The average Bonchev–Trinajstić information content (AvgIpc) is 2.31. The lowest BCUT2D eigenvalue weighted by molar-refractivity contribution is 0.316. The Hall–Kier alpha value is -0.570. The second kappa shape index (κ2) is 3.66. The van der Waals surface area contributed by atoms with Crippen molar-refractivity contribution in [1.29, 1.82) is 0 Å². The van der Waals surface area contributed by atoms with Crippen molar-refractivity contribution in [1.82, 2.24) is 0 Å². The molecule has 70 valence electrons. The van der Waals surface area contributed by atoms with Crippen LogP contribution in [0, 0.1) is 5.82 Å². The van der Waals surface area contributed by atoms with Crippen molar-refractivity contribution in [2.45, 2.75) is 19.3 Å². The predicted octanol–water partition coefficient (Wildman–Crippen LogP) is 3.30. The molecule has 0 saturated carbocycles. The summed E-state index contributed by atoms with van der Waals surface area (Å²) in [6.07, 6.45) is 3.04. The molecule has 1 aliphatic heterocycles. The standard InChI is InChI=1S/C10H10BrFO/c11-8-6-10-7(5-9(8)12)3-1-2-4-13-10/h5-6H,1-4H2. The molecule has 0 saturated heterocycles. The van der Waals surface area contributed by atoms with Crippen LogP contribution in [0.3, 0.4) is 0 Å².